The van der Waals surface area contributed by atoms with E-state index in [9.17, 15) is 4.79 Å². The molecule has 0 saturated carbocycles. The van der Waals surface area contributed by atoms with Gasteiger partial charge in [-0.25, -0.2) is 0 Å². The third-order valence-corrected chi connectivity index (χ3v) is 3.38. The Hall–Kier alpha value is -0.610. The molecule has 0 bridgehead atoms. The topological polar surface area (TPSA) is 55.6 Å². The number of nitrogens with two attached hydrogens (primary N) is 1. The minimum atomic E-state index is 0.273. The van der Waals surface area contributed by atoms with Crippen LogP contribution in [0.3, 0.4) is 0 Å². The molecule has 0 aromatic rings. The number of hydrogen-bond donors (Lipinski definition) is 1. The van der Waals surface area contributed by atoms with Crippen LogP contribution in [0.5, 0.6) is 0 Å². The number of carbonyl (C=O) groups excluding carboxylic acids is 1. The van der Waals surface area contributed by atoms with Crippen LogP contribution in [0.2, 0.25) is 0 Å². The van der Waals surface area contributed by atoms with Crippen LogP contribution in [0.25, 0.3) is 0 Å². The molecule has 1 aliphatic rings. The van der Waals surface area contributed by atoms with Gasteiger partial charge < -0.3 is 15.4 Å². The zero-order valence-electron chi connectivity index (χ0n) is 10.4. The maximum atomic E-state index is 11.9. The van der Waals surface area contributed by atoms with Crippen LogP contribution in [0.4, 0.5) is 0 Å². The summed E-state index contributed by atoms with van der Waals surface area (Å²) < 4.78 is 5.28. The summed E-state index contributed by atoms with van der Waals surface area (Å²) in [6.07, 6.45) is 3.81. The van der Waals surface area contributed by atoms with Gasteiger partial charge in [-0.15, -0.1) is 0 Å². The van der Waals surface area contributed by atoms with Crippen molar-refractivity contribution in [3.05, 3.63) is 0 Å². The molecule has 4 heteroatoms. The van der Waals surface area contributed by atoms with Crippen LogP contribution < -0.4 is 5.73 Å². The van der Waals surface area contributed by atoms with Crippen molar-refractivity contribution in [2.75, 3.05) is 26.7 Å². The van der Waals surface area contributed by atoms with Crippen LogP contribution in [0, 0.1) is 5.92 Å². The molecule has 94 valence electrons. The Morgan fingerprint density at radius 1 is 1.50 bits per heavy atom. The van der Waals surface area contributed by atoms with E-state index in [1.807, 2.05) is 4.90 Å². The van der Waals surface area contributed by atoms with Crippen molar-refractivity contribution in [1.82, 2.24) is 4.90 Å². The van der Waals surface area contributed by atoms with E-state index in [2.05, 4.69) is 6.92 Å². The lowest BCUT2D eigenvalue weighted by atomic mass is 10.0. The summed E-state index contributed by atoms with van der Waals surface area (Å²) in [6, 6.07) is 0. The fraction of sp³-hybridized carbons (Fsp3) is 0.917. The molecular formula is C12H24N2O2. The first-order valence-electron chi connectivity index (χ1n) is 6.18. The molecular weight excluding hydrogens is 204 g/mol. The third-order valence-electron chi connectivity index (χ3n) is 3.38. The fourth-order valence-corrected chi connectivity index (χ4v) is 1.99. The molecule has 0 radical (unpaired) electrons. The number of likely N-dealkylation sites (tertiary alicyclic amines) is 1. The average molecular weight is 228 g/mol. The molecule has 0 aromatic carbocycles. The van der Waals surface area contributed by atoms with E-state index in [4.69, 9.17) is 10.5 Å². The summed E-state index contributed by atoms with van der Waals surface area (Å²) >= 11 is 0. The van der Waals surface area contributed by atoms with Gasteiger partial charge in [-0.1, -0.05) is 6.92 Å². The highest BCUT2D eigenvalue weighted by atomic mass is 16.5. The van der Waals surface area contributed by atoms with Crippen molar-refractivity contribution in [3.8, 4) is 0 Å². The average Bonchev–Trinajstić information content (AvgIpc) is 2.35. The SMILES string of the molecule is COC1CCN(C(=O)CCC(C)CN)CC1. The second-order valence-corrected chi connectivity index (χ2v) is 4.70. The normalized spacial score (nSPS) is 19.8. The van der Waals surface area contributed by atoms with Gasteiger partial charge >= 0.3 is 0 Å². The Bertz CT molecular complexity index is 213. The maximum absolute atomic E-state index is 11.9. The first-order chi connectivity index (χ1) is 7.67. The summed E-state index contributed by atoms with van der Waals surface area (Å²) in [4.78, 5) is 13.8. The Morgan fingerprint density at radius 3 is 2.62 bits per heavy atom. The molecule has 16 heavy (non-hydrogen) atoms. The highest BCUT2D eigenvalue weighted by molar-refractivity contribution is 5.76. The minimum absolute atomic E-state index is 0.273. The molecule has 1 atom stereocenters. The molecule has 0 aromatic heterocycles. The predicted molar refractivity (Wildman–Crippen MR) is 64.1 cm³/mol. The molecule has 1 saturated heterocycles. The largest absolute Gasteiger partial charge is 0.381 e. The molecule has 2 N–H and O–H groups in total. The standard InChI is InChI=1S/C12H24N2O2/c1-10(9-13)3-4-12(15)14-7-5-11(16-2)6-8-14/h10-11H,3-9,13H2,1-2H3. The predicted octanol–water partition coefficient (Wildman–Crippen LogP) is 0.999. The van der Waals surface area contributed by atoms with E-state index in [1.54, 1.807) is 7.11 Å². The lowest BCUT2D eigenvalue weighted by molar-refractivity contribution is -0.133. The Morgan fingerprint density at radius 2 is 2.12 bits per heavy atom. The van der Waals surface area contributed by atoms with Gasteiger partial charge in [-0.05, 0) is 31.7 Å². The summed E-state index contributed by atoms with van der Waals surface area (Å²) in [5.41, 5.74) is 5.53. The van der Waals surface area contributed by atoms with Gasteiger partial charge in [-0.3, -0.25) is 4.79 Å². The zero-order chi connectivity index (χ0) is 12.0. The summed E-state index contributed by atoms with van der Waals surface area (Å²) in [5, 5.41) is 0. The Balaban J connectivity index is 2.22. The van der Waals surface area contributed by atoms with Crippen LogP contribution in [0.1, 0.15) is 32.6 Å². The van der Waals surface area contributed by atoms with Crippen molar-refractivity contribution in [1.29, 1.82) is 0 Å². The number of amides is 1. The van der Waals surface area contributed by atoms with Gasteiger partial charge in [0.05, 0.1) is 6.10 Å². The molecule has 1 rings (SSSR count). The highest BCUT2D eigenvalue weighted by Gasteiger charge is 2.22. The number of nitrogens with zero attached hydrogens (tertiary/aromatic N) is 1. The first-order valence-corrected chi connectivity index (χ1v) is 6.18. The van der Waals surface area contributed by atoms with Crippen molar-refractivity contribution < 1.29 is 9.53 Å². The van der Waals surface area contributed by atoms with E-state index in [1.165, 1.54) is 0 Å². The lowest BCUT2D eigenvalue weighted by Gasteiger charge is -2.31. The van der Waals surface area contributed by atoms with Gasteiger partial charge in [0.15, 0.2) is 0 Å². The van der Waals surface area contributed by atoms with Crippen LogP contribution in [-0.4, -0.2) is 43.7 Å². The summed E-state index contributed by atoms with van der Waals surface area (Å²) in [5.74, 6) is 0.718. The van der Waals surface area contributed by atoms with Gasteiger partial charge in [0.1, 0.15) is 0 Å². The van der Waals surface area contributed by atoms with Crippen LogP contribution >= 0.6 is 0 Å². The molecule has 1 heterocycles. The molecule has 0 spiro atoms. The molecule has 1 amide bonds. The second kappa shape index (κ2) is 6.86. The van der Waals surface area contributed by atoms with E-state index in [0.29, 0.717) is 25.0 Å². The molecule has 1 aliphatic heterocycles. The molecule has 1 unspecified atom stereocenters. The number of hydrogen-bond acceptors (Lipinski definition) is 3. The number of rotatable bonds is 5. The smallest absolute Gasteiger partial charge is 0.222 e. The van der Waals surface area contributed by atoms with Crippen LogP contribution in [0.15, 0.2) is 0 Å². The monoisotopic (exact) mass is 228 g/mol. The quantitative estimate of drug-likeness (QED) is 0.763. The zero-order valence-corrected chi connectivity index (χ0v) is 10.4. The summed E-state index contributed by atoms with van der Waals surface area (Å²) in [7, 11) is 1.74. The molecule has 4 nitrogen and oxygen atoms in total. The van der Waals surface area contributed by atoms with Crippen molar-refractivity contribution in [3.63, 3.8) is 0 Å². The van der Waals surface area contributed by atoms with Gasteiger partial charge in [0.25, 0.3) is 0 Å². The first kappa shape index (κ1) is 13.5. The number of carbonyl (C=O) groups is 1. The number of methoxy groups -OCH3 is 1. The van der Waals surface area contributed by atoms with E-state index in [0.717, 1.165) is 32.4 Å². The number of piperidine rings is 1. The van der Waals surface area contributed by atoms with Crippen LogP contribution in [-0.2, 0) is 9.53 Å². The van der Waals surface area contributed by atoms with E-state index >= 15 is 0 Å². The minimum Gasteiger partial charge on any atom is -0.381 e. The van der Waals surface area contributed by atoms with Crippen molar-refractivity contribution in [2.45, 2.75) is 38.7 Å². The summed E-state index contributed by atoms with van der Waals surface area (Å²) in [6.45, 7) is 4.44. The second-order valence-electron chi connectivity index (χ2n) is 4.70. The Labute approximate surface area is 98.1 Å². The molecule has 0 aliphatic carbocycles. The van der Waals surface area contributed by atoms with Gasteiger partial charge in [-0.2, -0.15) is 0 Å². The Kier molecular flexibility index (Phi) is 5.77. The number of ether oxygens (including phenoxy) is 1. The van der Waals surface area contributed by atoms with Crippen molar-refractivity contribution >= 4 is 5.91 Å². The molecule has 1 fully saturated rings. The van der Waals surface area contributed by atoms with E-state index < -0.39 is 0 Å². The van der Waals surface area contributed by atoms with Crippen molar-refractivity contribution in [2.24, 2.45) is 11.7 Å². The highest BCUT2D eigenvalue weighted by Crippen LogP contribution is 2.15. The third kappa shape index (κ3) is 4.10. The maximum Gasteiger partial charge on any atom is 0.222 e. The lowest BCUT2D eigenvalue weighted by Crippen LogP contribution is -2.40. The van der Waals surface area contributed by atoms with Gasteiger partial charge in [0.2, 0.25) is 5.91 Å². The van der Waals surface area contributed by atoms with Gasteiger partial charge in [0, 0.05) is 26.6 Å². The fourth-order valence-electron chi connectivity index (χ4n) is 1.99. The van der Waals surface area contributed by atoms with E-state index in [-0.39, 0.29) is 5.91 Å².